The zero-order chi connectivity index (χ0) is 37.1. The smallest absolute Gasteiger partial charge is 0.144 e. The number of furan rings is 2. The van der Waals surface area contributed by atoms with Gasteiger partial charge in [0.15, 0.2) is 0 Å². The van der Waals surface area contributed by atoms with Crippen molar-refractivity contribution in [3.05, 3.63) is 187 Å². The number of para-hydroxylation sites is 1. The molecule has 9 aromatic carbocycles. The largest absolute Gasteiger partial charge is 0.456 e. The highest BCUT2D eigenvalue weighted by atomic mass is 16.3. The molecule has 0 radical (unpaired) electrons. The Morgan fingerprint density at radius 1 is 0.411 bits per heavy atom. The molecular formula is C53H35NO2. The van der Waals surface area contributed by atoms with E-state index < -0.39 is 0 Å². The SMILES string of the molecule is CC1(C)c2ccccc2-c2ccc(N(c3ccc4ccccc4c3)c3ccc4oc5c(-c6ccc7ccccc7c6)c6c(cc5c4c3)oc3ccccc36)cc21. The molecule has 2 aromatic heterocycles. The van der Waals surface area contributed by atoms with Gasteiger partial charge in [-0.15, -0.1) is 0 Å². The molecule has 2 heterocycles. The van der Waals surface area contributed by atoms with Crippen LogP contribution < -0.4 is 4.90 Å². The van der Waals surface area contributed by atoms with Crippen molar-refractivity contribution in [1.82, 2.24) is 0 Å². The Bertz CT molecular complexity index is 3420. The highest BCUT2D eigenvalue weighted by Crippen LogP contribution is 2.51. The molecule has 0 unspecified atom stereocenters. The molecule has 0 amide bonds. The van der Waals surface area contributed by atoms with Gasteiger partial charge in [0.2, 0.25) is 0 Å². The van der Waals surface area contributed by atoms with Crippen LogP contribution in [0, 0.1) is 0 Å². The second kappa shape index (κ2) is 11.5. The van der Waals surface area contributed by atoms with Crippen molar-refractivity contribution in [2.24, 2.45) is 0 Å². The van der Waals surface area contributed by atoms with Crippen molar-refractivity contribution in [3.8, 4) is 22.3 Å². The molecule has 3 heteroatoms. The van der Waals surface area contributed by atoms with Crippen molar-refractivity contribution in [2.75, 3.05) is 4.90 Å². The van der Waals surface area contributed by atoms with Gasteiger partial charge in [-0.1, -0.05) is 129 Å². The van der Waals surface area contributed by atoms with Crippen LogP contribution in [-0.2, 0) is 5.41 Å². The third-order valence-corrected chi connectivity index (χ3v) is 12.2. The fourth-order valence-electron chi connectivity index (χ4n) is 9.46. The molecule has 1 aliphatic carbocycles. The summed E-state index contributed by atoms with van der Waals surface area (Å²) in [5, 5.41) is 9.04. The van der Waals surface area contributed by atoms with Gasteiger partial charge < -0.3 is 13.7 Å². The Labute approximate surface area is 323 Å². The molecule has 0 spiro atoms. The lowest BCUT2D eigenvalue weighted by atomic mass is 9.82. The number of rotatable bonds is 4. The van der Waals surface area contributed by atoms with Crippen LogP contribution in [0.3, 0.4) is 0 Å². The molecule has 0 bridgehead atoms. The van der Waals surface area contributed by atoms with Gasteiger partial charge >= 0.3 is 0 Å². The van der Waals surface area contributed by atoms with Crippen LogP contribution >= 0.6 is 0 Å². The molecule has 0 saturated carbocycles. The highest BCUT2D eigenvalue weighted by Gasteiger charge is 2.36. The van der Waals surface area contributed by atoms with Crippen LogP contribution in [0.1, 0.15) is 25.0 Å². The summed E-state index contributed by atoms with van der Waals surface area (Å²) in [6, 6.07) is 63.5. The number of anilines is 3. The van der Waals surface area contributed by atoms with Crippen LogP contribution in [-0.4, -0.2) is 0 Å². The topological polar surface area (TPSA) is 29.5 Å². The fourth-order valence-corrected chi connectivity index (χ4v) is 9.46. The Hall–Kier alpha value is -7.10. The number of hydrogen-bond acceptors (Lipinski definition) is 3. The van der Waals surface area contributed by atoms with E-state index in [0.717, 1.165) is 72.1 Å². The first kappa shape index (κ1) is 31.3. The van der Waals surface area contributed by atoms with Gasteiger partial charge in [0, 0.05) is 49.6 Å². The van der Waals surface area contributed by atoms with Crippen molar-refractivity contribution in [1.29, 1.82) is 0 Å². The van der Waals surface area contributed by atoms with Crippen molar-refractivity contribution in [3.63, 3.8) is 0 Å². The third-order valence-electron chi connectivity index (χ3n) is 12.2. The van der Waals surface area contributed by atoms with E-state index >= 15 is 0 Å². The molecule has 1 aliphatic rings. The van der Waals surface area contributed by atoms with Crippen LogP contribution in [0.5, 0.6) is 0 Å². The molecule has 0 aliphatic heterocycles. The first-order valence-electron chi connectivity index (χ1n) is 19.3. The summed E-state index contributed by atoms with van der Waals surface area (Å²) in [6.45, 7) is 4.69. The molecule has 11 aromatic rings. The van der Waals surface area contributed by atoms with Gasteiger partial charge in [0.05, 0.1) is 0 Å². The summed E-state index contributed by atoms with van der Waals surface area (Å²) >= 11 is 0. The van der Waals surface area contributed by atoms with Crippen molar-refractivity contribution < 1.29 is 8.83 Å². The maximum absolute atomic E-state index is 6.94. The molecule has 56 heavy (non-hydrogen) atoms. The first-order valence-corrected chi connectivity index (χ1v) is 19.3. The first-order chi connectivity index (χ1) is 27.5. The van der Waals surface area contributed by atoms with E-state index in [0.29, 0.717) is 0 Å². The zero-order valence-corrected chi connectivity index (χ0v) is 31.0. The van der Waals surface area contributed by atoms with Gasteiger partial charge in [-0.05, 0) is 110 Å². The lowest BCUT2D eigenvalue weighted by Crippen LogP contribution is -2.16. The fraction of sp³-hybridized carbons (Fsp3) is 0.0566. The van der Waals surface area contributed by atoms with Crippen LogP contribution in [0.15, 0.2) is 185 Å². The molecular weight excluding hydrogens is 683 g/mol. The average molecular weight is 718 g/mol. The summed E-state index contributed by atoms with van der Waals surface area (Å²) in [4.78, 5) is 2.40. The molecule has 0 fully saturated rings. The lowest BCUT2D eigenvalue weighted by Gasteiger charge is -2.28. The predicted molar refractivity (Wildman–Crippen MR) is 234 cm³/mol. The molecule has 0 atom stereocenters. The van der Waals surface area contributed by atoms with E-state index in [1.165, 1.54) is 43.8 Å². The summed E-state index contributed by atoms with van der Waals surface area (Å²) in [6.07, 6.45) is 0. The minimum atomic E-state index is -0.126. The van der Waals surface area contributed by atoms with Crippen molar-refractivity contribution >= 4 is 82.5 Å². The minimum absolute atomic E-state index is 0.126. The molecule has 264 valence electrons. The monoisotopic (exact) mass is 717 g/mol. The summed E-state index contributed by atoms with van der Waals surface area (Å²) in [5.74, 6) is 0. The zero-order valence-electron chi connectivity index (χ0n) is 31.0. The number of fused-ring (bicyclic) bond motifs is 11. The Morgan fingerprint density at radius 2 is 1.04 bits per heavy atom. The molecule has 3 nitrogen and oxygen atoms in total. The second-order valence-electron chi connectivity index (χ2n) is 15.7. The van der Waals surface area contributed by atoms with Crippen LogP contribution in [0.25, 0.3) is 87.7 Å². The Kier molecular flexibility index (Phi) is 6.40. The Balaban J connectivity index is 1.11. The maximum Gasteiger partial charge on any atom is 0.144 e. The van der Waals surface area contributed by atoms with E-state index in [9.17, 15) is 0 Å². The van der Waals surface area contributed by atoms with Crippen molar-refractivity contribution in [2.45, 2.75) is 19.3 Å². The predicted octanol–water partition coefficient (Wildman–Crippen LogP) is 15.2. The quantitative estimate of drug-likeness (QED) is 0.182. The van der Waals surface area contributed by atoms with E-state index in [2.05, 4.69) is 189 Å². The standard InChI is InChI=1S/C53H35NO2/c1-53(2)45-17-9-7-15-40(45)41-25-23-39(30-46(41)53)54(37-22-21-33-12-4-6-14-35(33)28-37)38-24-26-48-43(29-38)44-31-49-51(42-16-8-10-18-47(42)55-49)50(52(44)56-48)36-20-19-32-11-3-5-13-34(32)27-36/h3-31H,1-2H3. The van der Waals surface area contributed by atoms with Crippen LogP contribution in [0.2, 0.25) is 0 Å². The summed E-state index contributed by atoms with van der Waals surface area (Å²) in [7, 11) is 0. The second-order valence-corrected chi connectivity index (χ2v) is 15.7. The van der Waals surface area contributed by atoms with E-state index in [4.69, 9.17) is 8.83 Å². The van der Waals surface area contributed by atoms with Gasteiger partial charge in [-0.25, -0.2) is 0 Å². The van der Waals surface area contributed by atoms with Gasteiger partial charge in [0.25, 0.3) is 0 Å². The summed E-state index contributed by atoms with van der Waals surface area (Å²) in [5.41, 5.74) is 14.0. The highest BCUT2D eigenvalue weighted by molar-refractivity contribution is 6.24. The van der Waals surface area contributed by atoms with E-state index in [-0.39, 0.29) is 5.41 Å². The number of hydrogen-bond donors (Lipinski definition) is 0. The molecule has 12 rings (SSSR count). The third kappa shape index (κ3) is 4.46. The normalized spacial score (nSPS) is 13.3. The molecule has 0 N–H and O–H groups in total. The number of benzene rings is 9. The van der Waals surface area contributed by atoms with E-state index in [1.54, 1.807) is 0 Å². The van der Waals surface area contributed by atoms with Crippen LogP contribution in [0.4, 0.5) is 17.1 Å². The maximum atomic E-state index is 6.94. The minimum Gasteiger partial charge on any atom is -0.456 e. The van der Waals surface area contributed by atoms with Gasteiger partial charge in [0.1, 0.15) is 22.3 Å². The van der Waals surface area contributed by atoms with Gasteiger partial charge in [-0.2, -0.15) is 0 Å². The average Bonchev–Trinajstić information content (AvgIpc) is 3.87. The Morgan fingerprint density at radius 3 is 1.89 bits per heavy atom. The number of nitrogens with zero attached hydrogens (tertiary/aromatic N) is 1. The summed E-state index contributed by atoms with van der Waals surface area (Å²) < 4.78 is 13.6. The van der Waals surface area contributed by atoms with E-state index in [1.807, 2.05) is 6.07 Å². The molecule has 0 saturated heterocycles. The van der Waals surface area contributed by atoms with Gasteiger partial charge in [-0.3, -0.25) is 0 Å². The lowest BCUT2D eigenvalue weighted by molar-refractivity contribution is 0.660.